The Morgan fingerprint density at radius 3 is 2.33 bits per heavy atom. The van der Waals surface area contributed by atoms with E-state index in [4.69, 9.17) is 0 Å². The number of amides is 1. The zero-order chi connectivity index (χ0) is 18.9. The minimum Gasteiger partial charge on any atom is -0.390 e. The van der Waals surface area contributed by atoms with Crippen LogP contribution < -0.4 is 0 Å². The van der Waals surface area contributed by atoms with Crippen molar-refractivity contribution < 1.29 is 9.90 Å². The predicted octanol–water partition coefficient (Wildman–Crippen LogP) is 2.35. The Bertz CT molecular complexity index is 558. The molecule has 1 amide bonds. The summed E-state index contributed by atoms with van der Waals surface area (Å²) in [6.07, 6.45) is 6.61. The monoisotopic (exact) mass is 373 g/mol. The third-order valence-electron chi connectivity index (χ3n) is 5.78. The molecule has 0 spiro atoms. The molecule has 2 fully saturated rings. The second kappa shape index (κ2) is 10.8. The van der Waals surface area contributed by atoms with Crippen LogP contribution in [0.2, 0.25) is 0 Å². The second-order valence-electron chi connectivity index (χ2n) is 8.07. The Balaban J connectivity index is 1.46. The molecule has 2 saturated heterocycles. The van der Waals surface area contributed by atoms with E-state index >= 15 is 0 Å². The van der Waals surface area contributed by atoms with Gasteiger partial charge in [0, 0.05) is 45.7 Å². The predicted molar refractivity (Wildman–Crippen MR) is 108 cm³/mol. The van der Waals surface area contributed by atoms with Gasteiger partial charge in [-0.15, -0.1) is 0 Å². The normalized spacial score (nSPS) is 23.4. The van der Waals surface area contributed by atoms with Gasteiger partial charge in [0.1, 0.15) is 0 Å². The first-order chi connectivity index (χ1) is 13.2. The fourth-order valence-corrected chi connectivity index (χ4v) is 4.22. The number of carbonyl (C=O) groups excluding carboxylic acids is 1. The van der Waals surface area contributed by atoms with Gasteiger partial charge >= 0.3 is 0 Å². The molecule has 0 aliphatic carbocycles. The Hall–Kier alpha value is -1.43. The molecular weight excluding hydrogens is 338 g/mol. The lowest BCUT2D eigenvalue weighted by molar-refractivity contribution is -0.132. The third kappa shape index (κ3) is 6.91. The molecule has 0 radical (unpaired) electrons. The van der Waals surface area contributed by atoms with Crippen molar-refractivity contribution in [2.75, 3.05) is 45.8 Å². The smallest absolute Gasteiger partial charge is 0.223 e. The van der Waals surface area contributed by atoms with Crippen LogP contribution in [0, 0.1) is 0 Å². The van der Waals surface area contributed by atoms with Gasteiger partial charge < -0.3 is 14.9 Å². The van der Waals surface area contributed by atoms with Gasteiger partial charge in [0.05, 0.1) is 6.10 Å². The van der Waals surface area contributed by atoms with Crippen molar-refractivity contribution in [3.8, 4) is 0 Å². The highest BCUT2D eigenvalue weighted by molar-refractivity contribution is 5.76. The van der Waals surface area contributed by atoms with Gasteiger partial charge in [0.15, 0.2) is 0 Å². The minimum absolute atomic E-state index is 0.192. The topological polar surface area (TPSA) is 47.0 Å². The van der Waals surface area contributed by atoms with Crippen molar-refractivity contribution in [2.45, 2.75) is 51.2 Å². The Morgan fingerprint density at radius 1 is 0.889 bits per heavy atom. The maximum absolute atomic E-state index is 12.7. The maximum atomic E-state index is 12.7. The molecule has 2 aliphatic rings. The maximum Gasteiger partial charge on any atom is 0.223 e. The SMILES string of the molecule is O=C(CCN1CCCCCCC1)N1CCN(Cc2ccccc2)CC(O)C1. The van der Waals surface area contributed by atoms with E-state index in [-0.39, 0.29) is 5.91 Å². The van der Waals surface area contributed by atoms with Gasteiger partial charge in [-0.05, 0) is 31.5 Å². The van der Waals surface area contributed by atoms with Crippen LogP contribution in [0.25, 0.3) is 0 Å². The van der Waals surface area contributed by atoms with E-state index in [9.17, 15) is 9.90 Å². The van der Waals surface area contributed by atoms with Crippen LogP contribution in [0.4, 0.5) is 0 Å². The van der Waals surface area contributed by atoms with E-state index in [1.807, 2.05) is 23.1 Å². The van der Waals surface area contributed by atoms with E-state index in [0.717, 1.165) is 32.7 Å². The van der Waals surface area contributed by atoms with E-state index in [0.29, 0.717) is 26.1 Å². The average Bonchev–Trinajstić information content (AvgIpc) is 2.82. The third-order valence-corrected chi connectivity index (χ3v) is 5.78. The first-order valence-electron chi connectivity index (χ1n) is 10.7. The molecule has 1 N–H and O–H groups in total. The number of aliphatic hydroxyl groups is 1. The molecular formula is C22H35N3O2. The highest BCUT2D eigenvalue weighted by Crippen LogP contribution is 2.13. The number of aliphatic hydroxyl groups excluding tert-OH is 1. The number of carbonyl (C=O) groups is 1. The fraction of sp³-hybridized carbons (Fsp3) is 0.682. The van der Waals surface area contributed by atoms with Gasteiger partial charge in [0.2, 0.25) is 5.91 Å². The Labute approximate surface area is 163 Å². The summed E-state index contributed by atoms with van der Waals surface area (Å²) in [4.78, 5) is 19.3. The zero-order valence-electron chi connectivity index (χ0n) is 16.6. The van der Waals surface area contributed by atoms with Gasteiger partial charge in [-0.25, -0.2) is 0 Å². The molecule has 5 nitrogen and oxygen atoms in total. The van der Waals surface area contributed by atoms with Crippen LogP contribution in [-0.2, 0) is 11.3 Å². The highest BCUT2D eigenvalue weighted by atomic mass is 16.3. The molecule has 3 rings (SSSR count). The van der Waals surface area contributed by atoms with Crippen molar-refractivity contribution in [1.82, 2.24) is 14.7 Å². The summed E-state index contributed by atoms with van der Waals surface area (Å²) in [6, 6.07) is 10.3. The summed E-state index contributed by atoms with van der Waals surface area (Å²) in [5, 5.41) is 10.4. The molecule has 150 valence electrons. The molecule has 27 heavy (non-hydrogen) atoms. The fourth-order valence-electron chi connectivity index (χ4n) is 4.22. The molecule has 2 heterocycles. The summed E-state index contributed by atoms with van der Waals surface area (Å²) < 4.78 is 0. The molecule has 1 unspecified atom stereocenters. The van der Waals surface area contributed by atoms with Crippen LogP contribution in [0.5, 0.6) is 0 Å². The lowest BCUT2D eigenvalue weighted by Gasteiger charge is -2.26. The van der Waals surface area contributed by atoms with Crippen LogP contribution >= 0.6 is 0 Å². The van der Waals surface area contributed by atoms with Crippen molar-refractivity contribution in [2.24, 2.45) is 0 Å². The average molecular weight is 374 g/mol. The summed E-state index contributed by atoms with van der Waals surface area (Å²) >= 11 is 0. The summed E-state index contributed by atoms with van der Waals surface area (Å²) in [5.74, 6) is 0.192. The van der Waals surface area contributed by atoms with Gasteiger partial charge in [-0.2, -0.15) is 0 Å². The van der Waals surface area contributed by atoms with Gasteiger partial charge in [-0.1, -0.05) is 49.6 Å². The number of likely N-dealkylation sites (tertiary alicyclic amines) is 1. The van der Waals surface area contributed by atoms with Crippen molar-refractivity contribution >= 4 is 5.91 Å². The zero-order valence-corrected chi connectivity index (χ0v) is 16.6. The van der Waals surface area contributed by atoms with Crippen LogP contribution in [-0.4, -0.2) is 77.6 Å². The summed E-state index contributed by atoms with van der Waals surface area (Å²) in [6.45, 7) is 6.56. The highest BCUT2D eigenvalue weighted by Gasteiger charge is 2.24. The number of hydrogen-bond acceptors (Lipinski definition) is 4. The lowest BCUT2D eigenvalue weighted by Crippen LogP contribution is -2.39. The quantitative estimate of drug-likeness (QED) is 0.861. The number of rotatable bonds is 5. The number of hydrogen-bond donors (Lipinski definition) is 1. The number of β-amino-alcohol motifs (C(OH)–C–C–N with tert-alkyl or cyclic N) is 1. The summed E-state index contributed by atoms with van der Waals surface area (Å²) in [5.41, 5.74) is 1.25. The molecule has 1 aromatic carbocycles. The molecule has 5 heteroatoms. The molecule has 0 bridgehead atoms. The Morgan fingerprint density at radius 2 is 1.59 bits per heavy atom. The summed E-state index contributed by atoms with van der Waals surface area (Å²) in [7, 11) is 0. The van der Waals surface area contributed by atoms with Crippen molar-refractivity contribution in [3.05, 3.63) is 35.9 Å². The number of benzene rings is 1. The second-order valence-corrected chi connectivity index (χ2v) is 8.07. The molecule has 0 aromatic heterocycles. The van der Waals surface area contributed by atoms with Gasteiger partial charge in [-0.3, -0.25) is 9.69 Å². The van der Waals surface area contributed by atoms with E-state index in [1.165, 1.54) is 37.7 Å². The first-order valence-corrected chi connectivity index (χ1v) is 10.7. The van der Waals surface area contributed by atoms with Crippen molar-refractivity contribution in [3.63, 3.8) is 0 Å². The van der Waals surface area contributed by atoms with Crippen LogP contribution in [0.3, 0.4) is 0 Å². The first kappa shape index (κ1) is 20.3. The van der Waals surface area contributed by atoms with Crippen molar-refractivity contribution in [1.29, 1.82) is 0 Å². The van der Waals surface area contributed by atoms with Gasteiger partial charge in [0.25, 0.3) is 0 Å². The van der Waals surface area contributed by atoms with E-state index in [2.05, 4.69) is 21.9 Å². The van der Waals surface area contributed by atoms with Crippen LogP contribution in [0.15, 0.2) is 30.3 Å². The molecule has 2 aliphatic heterocycles. The largest absolute Gasteiger partial charge is 0.390 e. The molecule has 0 saturated carbocycles. The van der Waals surface area contributed by atoms with E-state index in [1.54, 1.807) is 0 Å². The minimum atomic E-state index is -0.470. The van der Waals surface area contributed by atoms with E-state index < -0.39 is 6.10 Å². The Kier molecular flexibility index (Phi) is 8.11. The molecule has 1 atom stereocenters. The molecule has 1 aromatic rings. The lowest BCUT2D eigenvalue weighted by atomic mass is 10.1. The number of nitrogens with zero attached hydrogens (tertiary/aromatic N) is 3. The standard InChI is InChI=1S/C22H35N3O2/c26-21-18-24(17-20-9-5-4-6-10-20)15-16-25(19-21)22(27)11-14-23-12-7-2-1-3-8-13-23/h4-6,9-10,21,26H,1-3,7-8,11-19H2. The van der Waals surface area contributed by atoms with Crippen LogP contribution in [0.1, 0.15) is 44.1 Å².